The number of nitrogens with two attached hydrogens (primary N) is 1. The largest absolute Gasteiger partial charge is 0.381 e. The van der Waals surface area contributed by atoms with Gasteiger partial charge in [0.15, 0.2) is 0 Å². The van der Waals surface area contributed by atoms with Crippen LogP contribution in [-0.4, -0.2) is 15.9 Å². The Morgan fingerprint density at radius 3 is 2.72 bits per heavy atom. The van der Waals surface area contributed by atoms with Gasteiger partial charge in [-0.2, -0.15) is 0 Å². The van der Waals surface area contributed by atoms with Crippen LogP contribution in [0, 0.1) is 0 Å². The van der Waals surface area contributed by atoms with E-state index in [1.807, 2.05) is 0 Å². The molecule has 6 heteroatoms. The molecule has 0 saturated heterocycles. The highest BCUT2D eigenvalue weighted by atomic mass is 35.5. The Hall–Kier alpha value is -2.14. The topological polar surface area (TPSA) is 80.9 Å². The molecule has 0 fully saturated rings. The Labute approximate surface area is 109 Å². The number of amides is 1. The third kappa shape index (κ3) is 2.95. The summed E-state index contributed by atoms with van der Waals surface area (Å²) in [6.45, 7) is 0.556. The molecule has 0 atom stereocenters. The van der Waals surface area contributed by atoms with Gasteiger partial charge in [0.25, 0.3) is 0 Å². The van der Waals surface area contributed by atoms with E-state index in [1.165, 1.54) is 6.33 Å². The second-order valence-corrected chi connectivity index (χ2v) is 4.07. The second-order valence-electron chi connectivity index (χ2n) is 3.66. The normalized spacial score (nSPS) is 10.1. The lowest BCUT2D eigenvalue weighted by molar-refractivity contribution is 0.100. The van der Waals surface area contributed by atoms with E-state index in [1.54, 1.807) is 30.6 Å². The van der Waals surface area contributed by atoms with Gasteiger partial charge in [-0.25, -0.2) is 9.97 Å². The summed E-state index contributed by atoms with van der Waals surface area (Å²) in [6, 6.07) is 5.03. The molecule has 1 aromatic heterocycles. The molecular formula is C12H11ClN4O. The zero-order chi connectivity index (χ0) is 13.0. The summed E-state index contributed by atoms with van der Waals surface area (Å²) in [7, 11) is 0. The van der Waals surface area contributed by atoms with E-state index < -0.39 is 5.91 Å². The summed E-state index contributed by atoms with van der Waals surface area (Å²) >= 11 is 5.86. The fourth-order valence-corrected chi connectivity index (χ4v) is 1.66. The highest BCUT2D eigenvalue weighted by Crippen LogP contribution is 2.20. The van der Waals surface area contributed by atoms with Crippen molar-refractivity contribution in [1.82, 2.24) is 9.97 Å². The van der Waals surface area contributed by atoms with Gasteiger partial charge in [-0.05, 0) is 18.2 Å². The first kappa shape index (κ1) is 12.3. The zero-order valence-corrected chi connectivity index (χ0v) is 10.2. The number of benzene rings is 1. The Bertz CT molecular complexity index is 559. The summed E-state index contributed by atoms with van der Waals surface area (Å²) in [5.41, 5.74) is 7.22. The first-order valence-corrected chi connectivity index (χ1v) is 5.62. The second kappa shape index (κ2) is 5.46. The number of rotatable bonds is 4. The minimum atomic E-state index is -0.549. The lowest BCUT2D eigenvalue weighted by atomic mass is 10.2. The van der Waals surface area contributed by atoms with E-state index in [4.69, 9.17) is 17.3 Å². The molecule has 2 aromatic rings. The van der Waals surface area contributed by atoms with Crippen molar-refractivity contribution >= 4 is 23.2 Å². The first-order valence-electron chi connectivity index (χ1n) is 5.24. The summed E-state index contributed by atoms with van der Waals surface area (Å²) in [6.07, 6.45) is 4.90. The quantitative estimate of drug-likeness (QED) is 0.881. The average Bonchev–Trinajstić information content (AvgIpc) is 2.38. The van der Waals surface area contributed by atoms with Crippen LogP contribution in [0.4, 0.5) is 5.69 Å². The number of hydrogen-bond donors (Lipinski definition) is 2. The molecule has 1 aromatic carbocycles. The number of nitrogens with one attached hydrogen (secondary N) is 1. The monoisotopic (exact) mass is 262 g/mol. The number of anilines is 1. The van der Waals surface area contributed by atoms with Crippen molar-refractivity contribution in [3.63, 3.8) is 0 Å². The van der Waals surface area contributed by atoms with Crippen molar-refractivity contribution in [2.45, 2.75) is 6.54 Å². The van der Waals surface area contributed by atoms with E-state index >= 15 is 0 Å². The third-order valence-electron chi connectivity index (χ3n) is 2.34. The standard InChI is InChI=1S/C12H11ClN4O/c13-11-2-1-9(3-10(11)12(14)18)17-6-8-4-15-7-16-5-8/h1-5,7,17H,6H2,(H2,14,18). The van der Waals surface area contributed by atoms with E-state index in [2.05, 4.69) is 15.3 Å². The number of primary amides is 1. The Kier molecular flexibility index (Phi) is 3.74. The van der Waals surface area contributed by atoms with Crippen molar-refractivity contribution in [1.29, 1.82) is 0 Å². The SMILES string of the molecule is NC(=O)c1cc(NCc2cncnc2)ccc1Cl. The van der Waals surface area contributed by atoms with Gasteiger partial charge in [0.1, 0.15) is 6.33 Å². The fourth-order valence-electron chi connectivity index (χ4n) is 1.45. The van der Waals surface area contributed by atoms with Crippen LogP contribution < -0.4 is 11.1 Å². The minimum Gasteiger partial charge on any atom is -0.381 e. The van der Waals surface area contributed by atoms with Crippen LogP contribution in [0.3, 0.4) is 0 Å². The summed E-state index contributed by atoms with van der Waals surface area (Å²) in [5, 5.41) is 3.48. The summed E-state index contributed by atoms with van der Waals surface area (Å²) in [4.78, 5) is 19.0. The van der Waals surface area contributed by atoms with E-state index in [9.17, 15) is 4.79 Å². The molecule has 0 unspecified atom stereocenters. The predicted molar refractivity (Wildman–Crippen MR) is 69.3 cm³/mol. The molecule has 2 rings (SSSR count). The molecule has 18 heavy (non-hydrogen) atoms. The smallest absolute Gasteiger partial charge is 0.250 e. The van der Waals surface area contributed by atoms with Crippen molar-refractivity contribution in [2.75, 3.05) is 5.32 Å². The number of carbonyl (C=O) groups excluding carboxylic acids is 1. The molecule has 1 amide bonds. The van der Waals surface area contributed by atoms with Crippen molar-refractivity contribution in [3.05, 3.63) is 53.1 Å². The van der Waals surface area contributed by atoms with Crippen LogP contribution >= 0.6 is 11.6 Å². The molecule has 0 aliphatic rings. The Morgan fingerprint density at radius 1 is 1.33 bits per heavy atom. The summed E-state index contributed by atoms with van der Waals surface area (Å²) < 4.78 is 0. The molecule has 0 bridgehead atoms. The molecule has 1 heterocycles. The molecule has 0 saturated carbocycles. The maximum Gasteiger partial charge on any atom is 0.250 e. The van der Waals surface area contributed by atoms with Gasteiger partial charge in [0.05, 0.1) is 10.6 Å². The number of carbonyl (C=O) groups is 1. The number of halogens is 1. The predicted octanol–water partition coefficient (Wildman–Crippen LogP) is 1.84. The van der Waals surface area contributed by atoms with E-state index in [0.29, 0.717) is 17.1 Å². The van der Waals surface area contributed by atoms with Crippen molar-refractivity contribution in [2.24, 2.45) is 5.73 Å². The lowest BCUT2D eigenvalue weighted by Crippen LogP contribution is -2.12. The van der Waals surface area contributed by atoms with Gasteiger partial charge in [-0.3, -0.25) is 4.79 Å². The van der Waals surface area contributed by atoms with Gasteiger partial charge < -0.3 is 11.1 Å². The van der Waals surface area contributed by atoms with Gasteiger partial charge in [-0.1, -0.05) is 11.6 Å². The third-order valence-corrected chi connectivity index (χ3v) is 2.67. The zero-order valence-electron chi connectivity index (χ0n) is 9.43. The number of nitrogens with zero attached hydrogens (tertiary/aromatic N) is 2. The molecule has 0 aliphatic heterocycles. The Balaban J connectivity index is 2.11. The maximum absolute atomic E-state index is 11.1. The van der Waals surface area contributed by atoms with Gasteiger partial charge in [-0.15, -0.1) is 0 Å². The van der Waals surface area contributed by atoms with Crippen LogP contribution in [0.2, 0.25) is 5.02 Å². The number of aromatic nitrogens is 2. The van der Waals surface area contributed by atoms with Crippen molar-refractivity contribution < 1.29 is 4.79 Å². The summed E-state index contributed by atoms with van der Waals surface area (Å²) in [5.74, 6) is -0.549. The van der Waals surface area contributed by atoms with Crippen LogP contribution in [0.5, 0.6) is 0 Å². The van der Waals surface area contributed by atoms with Crippen molar-refractivity contribution in [3.8, 4) is 0 Å². The van der Waals surface area contributed by atoms with E-state index in [0.717, 1.165) is 11.3 Å². The lowest BCUT2D eigenvalue weighted by Gasteiger charge is -2.08. The highest BCUT2D eigenvalue weighted by Gasteiger charge is 2.07. The minimum absolute atomic E-state index is 0.297. The first-order chi connectivity index (χ1) is 8.66. The van der Waals surface area contributed by atoms with Crippen LogP contribution in [0.25, 0.3) is 0 Å². The van der Waals surface area contributed by atoms with Crippen LogP contribution in [0.15, 0.2) is 36.9 Å². The molecule has 0 aliphatic carbocycles. The van der Waals surface area contributed by atoms with Gasteiger partial charge >= 0.3 is 0 Å². The average molecular weight is 263 g/mol. The molecule has 92 valence electrons. The van der Waals surface area contributed by atoms with Gasteiger partial charge in [0.2, 0.25) is 5.91 Å². The molecule has 5 nitrogen and oxygen atoms in total. The Morgan fingerprint density at radius 2 is 2.06 bits per heavy atom. The van der Waals surface area contributed by atoms with Crippen LogP contribution in [-0.2, 0) is 6.54 Å². The molecule has 0 radical (unpaired) electrons. The maximum atomic E-state index is 11.1. The number of hydrogen-bond acceptors (Lipinski definition) is 4. The highest BCUT2D eigenvalue weighted by molar-refractivity contribution is 6.33. The van der Waals surface area contributed by atoms with Crippen LogP contribution in [0.1, 0.15) is 15.9 Å². The molecule has 0 spiro atoms. The van der Waals surface area contributed by atoms with E-state index in [-0.39, 0.29) is 0 Å². The molecular weight excluding hydrogens is 252 g/mol. The fraction of sp³-hybridized carbons (Fsp3) is 0.0833. The molecule has 3 N–H and O–H groups in total. The van der Waals surface area contributed by atoms with Gasteiger partial charge in [0, 0.05) is 30.2 Å².